The van der Waals surface area contributed by atoms with Crippen LogP contribution < -0.4 is 0 Å². The molecule has 1 aliphatic heterocycles. The zero-order chi connectivity index (χ0) is 12.4. The van der Waals surface area contributed by atoms with Crippen LogP contribution in [0.3, 0.4) is 0 Å². The van der Waals surface area contributed by atoms with E-state index < -0.39 is 0 Å². The van der Waals surface area contributed by atoms with E-state index in [0.29, 0.717) is 18.8 Å². The fourth-order valence-corrected chi connectivity index (χ4v) is 2.11. The minimum atomic E-state index is -0.0492. The van der Waals surface area contributed by atoms with Crippen molar-refractivity contribution in [1.82, 2.24) is 0 Å². The van der Waals surface area contributed by atoms with Gasteiger partial charge in [0.05, 0.1) is 18.3 Å². The number of ether oxygens (including phenoxy) is 2. The number of rotatable bonds is 4. The molecule has 0 saturated carbocycles. The quantitative estimate of drug-likeness (QED) is 0.777. The second kappa shape index (κ2) is 4.92. The highest BCUT2D eigenvalue weighted by Crippen LogP contribution is 2.21. The molecule has 1 aromatic heterocycles. The average Bonchev–Trinajstić information content (AvgIpc) is 3.05. The van der Waals surface area contributed by atoms with Crippen molar-refractivity contribution in [2.24, 2.45) is 0 Å². The molecule has 0 aliphatic carbocycles. The van der Waals surface area contributed by atoms with Gasteiger partial charge in [-0.15, -0.1) is 0 Å². The Morgan fingerprint density at radius 1 is 1.39 bits per heavy atom. The van der Waals surface area contributed by atoms with Gasteiger partial charge in [0.25, 0.3) is 0 Å². The second-order valence-corrected chi connectivity index (χ2v) is 4.37. The van der Waals surface area contributed by atoms with Crippen LogP contribution >= 0.6 is 0 Å². The number of ketones is 1. The summed E-state index contributed by atoms with van der Waals surface area (Å²) in [5.74, 6) is -0.0492. The molecular weight excluding hydrogens is 232 g/mol. The van der Waals surface area contributed by atoms with E-state index in [9.17, 15) is 4.79 Å². The molecule has 3 rings (SSSR count). The van der Waals surface area contributed by atoms with E-state index >= 15 is 0 Å². The van der Waals surface area contributed by atoms with E-state index in [1.165, 1.54) is 6.26 Å². The number of carbonyl (C=O) groups excluding carboxylic acids is 1. The number of hydrogen-bond donors (Lipinski definition) is 0. The van der Waals surface area contributed by atoms with Gasteiger partial charge in [0.2, 0.25) is 0 Å². The van der Waals surface area contributed by atoms with Crippen molar-refractivity contribution in [1.29, 1.82) is 0 Å². The molecule has 0 amide bonds. The molecular formula is C14H14O4. The number of fused-ring (bicyclic) bond motifs is 1. The van der Waals surface area contributed by atoms with Gasteiger partial charge >= 0.3 is 0 Å². The van der Waals surface area contributed by atoms with Crippen molar-refractivity contribution in [3.05, 3.63) is 36.1 Å². The topological polar surface area (TPSA) is 48.7 Å². The summed E-state index contributed by atoms with van der Waals surface area (Å²) < 4.78 is 16.1. The Bertz CT molecular complexity index is 552. The lowest BCUT2D eigenvalue weighted by Gasteiger charge is -2.07. The van der Waals surface area contributed by atoms with E-state index in [1.54, 1.807) is 0 Å². The summed E-state index contributed by atoms with van der Waals surface area (Å²) in [7, 11) is 0. The van der Waals surface area contributed by atoms with E-state index in [2.05, 4.69) is 0 Å². The molecule has 0 N–H and O–H groups in total. The Balaban J connectivity index is 1.71. The molecule has 1 saturated heterocycles. The lowest BCUT2D eigenvalue weighted by atomic mass is 10.1. The average molecular weight is 246 g/mol. The van der Waals surface area contributed by atoms with Crippen molar-refractivity contribution < 1.29 is 18.7 Å². The maximum absolute atomic E-state index is 12.1. The zero-order valence-electron chi connectivity index (χ0n) is 9.93. The molecule has 0 spiro atoms. The van der Waals surface area contributed by atoms with Gasteiger partial charge in [-0.1, -0.05) is 18.2 Å². The number of furan rings is 1. The summed E-state index contributed by atoms with van der Waals surface area (Å²) in [5, 5.41) is 0.841. The molecule has 94 valence electrons. The predicted molar refractivity (Wildman–Crippen MR) is 65.7 cm³/mol. The third kappa shape index (κ3) is 2.17. The van der Waals surface area contributed by atoms with Crippen molar-refractivity contribution in [3.63, 3.8) is 0 Å². The van der Waals surface area contributed by atoms with Crippen LogP contribution in [0.4, 0.5) is 0 Å². The van der Waals surface area contributed by atoms with Gasteiger partial charge in [0.1, 0.15) is 18.5 Å². The smallest absolute Gasteiger partial charge is 0.192 e. The SMILES string of the molecule is O=C(COC1CCOC1)c1coc2ccccc12. The summed E-state index contributed by atoms with van der Waals surface area (Å²) in [5.41, 5.74) is 1.31. The highest BCUT2D eigenvalue weighted by Gasteiger charge is 2.19. The van der Waals surface area contributed by atoms with Gasteiger partial charge in [0.15, 0.2) is 5.78 Å². The van der Waals surface area contributed by atoms with Gasteiger partial charge in [-0.2, -0.15) is 0 Å². The number of benzene rings is 1. The van der Waals surface area contributed by atoms with Gasteiger partial charge in [-0.05, 0) is 12.5 Å². The third-order valence-corrected chi connectivity index (χ3v) is 3.12. The fourth-order valence-electron chi connectivity index (χ4n) is 2.11. The monoisotopic (exact) mass is 246 g/mol. The zero-order valence-corrected chi connectivity index (χ0v) is 9.93. The Morgan fingerprint density at radius 2 is 2.28 bits per heavy atom. The van der Waals surface area contributed by atoms with Crippen LogP contribution in [0, 0.1) is 0 Å². The maximum Gasteiger partial charge on any atom is 0.192 e. The highest BCUT2D eigenvalue weighted by molar-refractivity contribution is 6.07. The Hall–Kier alpha value is -1.65. The number of Topliss-reactive ketones (excluding diaryl/α,β-unsaturated/α-hetero) is 1. The van der Waals surface area contributed by atoms with Crippen LogP contribution in [0.25, 0.3) is 11.0 Å². The highest BCUT2D eigenvalue weighted by atomic mass is 16.5. The summed E-state index contributed by atoms with van der Waals surface area (Å²) >= 11 is 0. The van der Waals surface area contributed by atoms with Gasteiger partial charge in [0, 0.05) is 12.0 Å². The van der Waals surface area contributed by atoms with Gasteiger partial charge in [-0.25, -0.2) is 0 Å². The second-order valence-electron chi connectivity index (χ2n) is 4.37. The molecule has 1 unspecified atom stereocenters. The molecule has 4 nitrogen and oxygen atoms in total. The number of hydrogen-bond acceptors (Lipinski definition) is 4. The van der Waals surface area contributed by atoms with Crippen molar-refractivity contribution in [2.75, 3.05) is 19.8 Å². The van der Waals surface area contributed by atoms with E-state index in [0.717, 1.165) is 17.4 Å². The third-order valence-electron chi connectivity index (χ3n) is 3.12. The van der Waals surface area contributed by atoms with Crippen LogP contribution in [-0.4, -0.2) is 31.7 Å². The van der Waals surface area contributed by atoms with Crippen LogP contribution in [0.1, 0.15) is 16.8 Å². The fraction of sp³-hybridized carbons (Fsp3) is 0.357. The van der Waals surface area contributed by atoms with Crippen LogP contribution in [0.2, 0.25) is 0 Å². The molecule has 18 heavy (non-hydrogen) atoms. The van der Waals surface area contributed by atoms with Crippen LogP contribution in [-0.2, 0) is 9.47 Å². The standard InChI is InChI=1S/C14H14O4/c15-13(9-17-10-5-6-16-7-10)12-8-18-14-4-2-1-3-11(12)14/h1-4,8,10H,5-7,9H2. The predicted octanol–water partition coefficient (Wildman–Crippen LogP) is 2.42. The van der Waals surface area contributed by atoms with Gasteiger partial charge < -0.3 is 13.9 Å². The normalized spacial score (nSPS) is 19.4. The van der Waals surface area contributed by atoms with Crippen molar-refractivity contribution in [2.45, 2.75) is 12.5 Å². The first-order chi connectivity index (χ1) is 8.84. The molecule has 1 aliphatic rings. The van der Waals surface area contributed by atoms with Crippen LogP contribution in [0.15, 0.2) is 34.9 Å². The first-order valence-corrected chi connectivity index (χ1v) is 6.03. The molecule has 1 aromatic carbocycles. The van der Waals surface area contributed by atoms with Crippen molar-refractivity contribution in [3.8, 4) is 0 Å². The van der Waals surface area contributed by atoms with Crippen LogP contribution in [0.5, 0.6) is 0 Å². The lowest BCUT2D eigenvalue weighted by molar-refractivity contribution is 0.0390. The number of para-hydroxylation sites is 1. The summed E-state index contributed by atoms with van der Waals surface area (Å²) in [4.78, 5) is 12.1. The van der Waals surface area contributed by atoms with Crippen molar-refractivity contribution >= 4 is 16.8 Å². The first-order valence-electron chi connectivity index (χ1n) is 6.03. The molecule has 4 heteroatoms. The molecule has 1 atom stereocenters. The van der Waals surface area contributed by atoms with E-state index in [4.69, 9.17) is 13.9 Å². The Morgan fingerprint density at radius 3 is 3.11 bits per heavy atom. The Kier molecular flexibility index (Phi) is 3.13. The molecule has 2 heterocycles. The maximum atomic E-state index is 12.1. The lowest BCUT2D eigenvalue weighted by Crippen LogP contribution is -2.18. The van der Waals surface area contributed by atoms with E-state index in [1.807, 2.05) is 24.3 Å². The summed E-state index contributed by atoms with van der Waals surface area (Å²) in [6, 6.07) is 7.50. The summed E-state index contributed by atoms with van der Waals surface area (Å²) in [6.45, 7) is 1.38. The first kappa shape index (κ1) is 11.4. The molecule has 1 fully saturated rings. The Labute approximate surface area is 104 Å². The minimum Gasteiger partial charge on any atom is -0.464 e. The molecule has 0 radical (unpaired) electrons. The minimum absolute atomic E-state index is 0.0483. The molecule has 0 bridgehead atoms. The number of carbonyl (C=O) groups is 1. The largest absolute Gasteiger partial charge is 0.464 e. The summed E-state index contributed by atoms with van der Waals surface area (Å²) in [6.07, 6.45) is 2.41. The van der Waals surface area contributed by atoms with Gasteiger partial charge in [-0.3, -0.25) is 4.79 Å². The molecule has 2 aromatic rings. The van der Waals surface area contributed by atoms with E-state index in [-0.39, 0.29) is 18.5 Å².